The third-order valence-electron chi connectivity index (χ3n) is 3.23. The number of hydrogen-bond acceptors (Lipinski definition) is 3. The Hall–Kier alpha value is -1.39. The first-order valence-electron chi connectivity index (χ1n) is 5.86. The van der Waals surface area contributed by atoms with Crippen LogP contribution >= 0.6 is 0 Å². The molecule has 1 fully saturated rings. The van der Waals surface area contributed by atoms with Gasteiger partial charge in [-0.3, -0.25) is 4.79 Å². The molecule has 0 aromatic heterocycles. The average Bonchev–Trinajstić information content (AvgIpc) is 2.87. The summed E-state index contributed by atoms with van der Waals surface area (Å²) >= 11 is 0. The van der Waals surface area contributed by atoms with Crippen molar-refractivity contribution < 1.29 is 9.53 Å². The van der Waals surface area contributed by atoms with E-state index in [-0.39, 0.29) is 5.91 Å². The number of amides is 1. The molecule has 0 saturated carbocycles. The molecule has 17 heavy (non-hydrogen) atoms. The van der Waals surface area contributed by atoms with Gasteiger partial charge in [0.1, 0.15) is 5.54 Å². The lowest BCUT2D eigenvalue weighted by Gasteiger charge is -2.25. The van der Waals surface area contributed by atoms with Crippen LogP contribution in [-0.2, 0) is 16.1 Å². The molecule has 2 N–H and O–H groups in total. The van der Waals surface area contributed by atoms with E-state index in [1.807, 2.05) is 30.3 Å². The van der Waals surface area contributed by atoms with Crippen molar-refractivity contribution in [2.75, 3.05) is 20.3 Å². The molecule has 1 aliphatic rings. The molecule has 1 amide bonds. The summed E-state index contributed by atoms with van der Waals surface area (Å²) in [4.78, 5) is 12.1. The number of rotatable bonds is 4. The second-order valence-corrected chi connectivity index (χ2v) is 4.30. The molecule has 4 heteroatoms. The highest BCUT2D eigenvalue weighted by molar-refractivity contribution is 5.86. The van der Waals surface area contributed by atoms with Crippen LogP contribution in [-0.4, -0.2) is 31.7 Å². The van der Waals surface area contributed by atoms with Gasteiger partial charge in [0.05, 0.1) is 6.61 Å². The van der Waals surface area contributed by atoms with Crippen molar-refractivity contribution in [2.24, 2.45) is 0 Å². The lowest BCUT2D eigenvalue weighted by atomic mass is 9.98. The van der Waals surface area contributed by atoms with Gasteiger partial charge in [-0.2, -0.15) is 0 Å². The van der Waals surface area contributed by atoms with E-state index >= 15 is 0 Å². The molecule has 1 saturated heterocycles. The average molecular weight is 234 g/mol. The first kappa shape index (κ1) is 12.1. The van der Waals surface area contributed by atoms with Gasteiger partial charge in [0.2, 0.25) is 5.91 Å². The predicted octanol–water partition coefficient (Wildman–Crippen LogP) is 0.681. The van der Waals surface area contributed by atoms with Crippen LogP contribution in [0.4, 0.5) is 0 Å². The summed E-state index contributed by atoms with van der Waals surface area (Å²) < 4.78 is 5.30. The maximum Gasteiger partial charge on any atom is 0.243 e. The third kappa shape index (κ3) is 2.65. The lowest BCUT2D eigenvalue weighted by Crippen LogP contribution is -2.56. The lowest BCUT2D eigenvalue weighted by molar-refractivity contribution is -0.127. The minimum atomic E-state index is -0.547. The molecule has 92 valence electrons. The van der Waals surface area contributed by atoms with E-state index in [9.17, 15) is 4.79 Å². The normalized spacial score (nSPS) is 23.6. The molecule has 1 unspecified atom stereocenters. The van der Waals surface area contributed by atoms with Crippen LogP contribution in [0.5, 0.6) is 0 Å². The molecule has 1 atom stereocenters. The molecule has 1 heterocycles. The zero-order valence-corrected chi connectivity index (χ0v) is 10.0. The fraction of sp³-hybridized carbons (Fsp3) is 0.462. The highest BCUT2D eigenvalue weighted by atomic mass is 16.5. The number of carbonyl (C=O) groups is 1. The summed E-state index contributed by atoms with van der Waals surface area (Å²) in [6, 6.07) is 9.89. The standard InChI is InChI=1S/C13H18N2O2/c1-14-13(7-8-17-10-13)12(16)15-9-11-5-3-2-4-6-11/h2-6,14H,7-10H2,1H3,(H,15,16). The number of likely N-dealkylation sites (N-methyl/N-ethyl adjacent to an activating group) is 1. The molecule has 0 aliphatic carbocycles. The summed E-state index contributed by atoms with van der Waals surface area (Å²) in [6.07, 6.45) is 0.726. The van der Waals surface area contributed by atoms with E-state index < -0.39 is 5.54 Å². The van der Waals surface area contributed by atoms with Gasteiger partial charge in [0.15, 0.2) is 0 Å². The van der Waals surface area contributed by atoms with Crippen LogP contribution in [0, 0.1) is 0 Å². The van der Waals surface area contributed by atoms with Crippen molar-refractivity contribution in [1.82, 2.24) is 10.6 Å². The monoisotopic (exact) mass is 234 g/mol. The van der Waals surface area contributed by atoms with Crippen LogP contribution in [0.3, 0.4) is 0 Å². The Bertz CT molecular complexity index is 372. The van der Waals surface area contributed by atoms with Crippen LogP contribution in [0.1, 0.15) is 12.0 Å². The molecule has 1 aromatic rings. The van der Waals surface area contributed by atoms with Crippen LogP contribution in [0.2, 0.25) is 0 Å². The Morgan fingerprint density at radius 3 is 2.76 bits per heavy atom. The number of nitrogens with one attached hydrogen (secondary N) is 2. The number of benzene rings is 1. The molecule has 4 nitrogen and oxygen atoms in total. The minimum Gasteiger partial charge on any atom is -0.379 e. The van der Waals surface area contributed by atoms with Crippen molar-refractivity contribution in [3.05, 3.63) is 35.9 Å². The van der Waals surface area contributed by atoms with Gasteiger partial charge in [-0.05, 0) is 12.6 Å². The molecule has 0 radical (unpaired) electrons. The molecular formula is C13H18N2O2. The second kappa shape index (κ2) is 5.29. The molecular weight excluding hydrogens is 216 g/mol. The Morgan fingerprint density at radius 2 is 2.18 bits per heavy atom. The van der Waals surface area contributed by atoms with Crippen LogP contribution < -0.4 is 10.6 Å². The van der Waals surface area contributed by atoms with Gasteiger partial charge < -0.3 is 15.4 Å². The highest BCUT2D eigenvalue weighted by Gasteiger charge is 2.40. The first-order valence-corrected chi connectivity index (χ1v) is 5.86. The van der Waals surface area contributed by atoms with Crippen molar-refractivity contribution in [3.63, 3.8) is 0 Å². The number of hydrogen-bond donors (Lipinski definition) is 2. The third-order valence-corrected chi connectivity index (χ3v) is 3.23. The summed E-state index contributed by atoms with van der Waals surface area (Å²) in [5.41, 5.74) is 0.556. The van der Waals surface area contributed by atoms with Gasteiger partial charge in [-0.15, -0.1) is 0 Å². The maximum absolute atomic E-state index is 12.1. The van der Waals surface area contributed by atoms with E-state index in [1.54, 1.807) is 7.05 Å². The number of carbonyl (C=O) groups excluding carboxylic acids is 1. The second-order valence-electron chi connectivity index (χ2n) is 4.30. The largest absolute Gasteiger partial charge is 0.379 e. The van der Waals surface area contributed by atoms with Crippen molar-refractivity contribution in [1.29, 1.82) is 0 Å². The van der Waals surface area contributed by atoms with E-state index in [4.69, 9.17) is 4.74 Å². The Morgan fingerprint density at radius 1 is 1.41 bits per heavy atom. The van der Waals surface area contributed by atoms with Gasteiger partial charge in [-0.1, -0.05) is 30.3 Å². The molecule has 1 aromatic carbocycles. The molecule has 1 aliphatic heterocycles. The first-order chi connectivity index (χ1) is 8.27. The molecule has 0 bridgehead atoms. The summed E-state index contributed by atoms with van der Waals surface area (Å²) in [7, 11) is 1.80. The highest BCUT2D eigenvalue weighted by Crippen LogP contribution is 2.18. The van der Waals surface area contributed by atoms with Crippen LogP contribution in [0.15, 0.2) is 30.3 Å². The topological polar surface area (TPSA) is 50.4 Å². The molecule has 2 rings (SSSR count). The SMILES string of the molecule is CNC1(C(=O)NCc2ccccc2)CCOC1. The Balaban J connectivity index is 1.93. The maximum atomic E-state index is 12.1. The molecule has 0 spiro atoms. The summed E-state index contributed by atoms with van der Waals surface area (Å²) in [5, 5.41) is 6.03. The smallest absolute Gasteiger partial charge is 0.243 e. The van der Waals surface area contributed by atoms with Crippen LogP contribution in [0.25, 0.3) is 0 Å². The Labute approximate surface area is 101 Å². The van der Waals surface area contributed by atoms with Gasteiger partial charge in [-0.25, -0.2) is 0 Å². The van der Waals surface area contributed by atoms with Gasteiger partial charge >= 0.3 is 0 Å². The summed E-state index contributed by atoms with van der Waals surface area (Å²) in [6.45, 7) is 1.65. The van der Waals surface area contributed by atoms with Crippen molar-refractivity contribution in [3.8, 4) is 0 Å². The summed E-state index contributed by atoms with van der Waals surface area (Å²) in [5.74, 6) is 0.0151. The minimum absolute atomic E-state index is 0.0151. The van der Waals surface area contributed by atoms with E-state index in [2.05, 4.69) is 10.6 Å². The van der Waals surface area contributed by atoms with Gasteiger partial charge in [0, 0.05) is 19.6 Å². The quantitative estimate of drug-likeness (QED) is 0.805. The Kier molecular flexibility index (Phi) is 3.76. The van der Waals surface area contributed by atoms with Crippen molar-refractivity contribution >= 4 is 5.91 Å². The van der Waals surface area contributed by atoms with Gasteiger partial charge in [0.25, 0.3) is 0 Å². The van der Waals surface area contributed by atoms with Crippen molar-refractivity contribution in [2.45, 2.75) is 18.5 Å². The van der Waals surface area contributed by atoms with E-state index in [0.717, 1.165) is 12.0 Å². The fourth-order valence-corrected chi connectivity index (χ4v) is 2.00. The zero-order valence-electron chi connectivity index (χ0n) is 10.0. The van der Waals surface area contributed by atoms with E-state index in [1.165, 1.54) is 0 Å². The zero-order chi connectivity index (χ0) is 12.1. The fourth-order valence-electron chi connectivity index (χ4n) is 2.00. The van der Waals surface area contributed by atoms with E-state index in [0.29, 0.717) is 19.8 Å². The number of ether oxygens (including phenoxy) is 1. The predicted molar refractivity (Wildman–Crippen MR) is 65.5 cm³/mol.